The van der Waals surface area contributed by atoms with Crippen LogP contribution in [0.15, 0.2) is 24.3 Å². The number of likely N-dealkylation sites (tertiary alicyclic amines) is 1. The third-order valence-corrected chi connectivity index (χ3v) is 4.57. The summed E-state index contributed by atoms with van der Waals surface area (Å²) in [5.41, 5.74) is 6.69. The van der Waals surface area contributed by atoms with E-state index in [-0.39, 0.29) is 11.6 Å². The number of piperidine rings is 1. The molecule has 0 spiro atoms. The van der Waals surface area contributed by atoms with E-state index in [0.717, 1.165) is 18.7 Å². The van der Waals surface area contributed by atoms with Crippen molar-refractivity contribution in [1.29, 1.82) is 0 Å². The molecule has 1 saturated heterocycles. The van der Waals surface area contributed by atoms with Crippen molar-refractivity contribution in [2.24, 2.45) is 11.7 Å². The van der Waals surface area contributed by atoms with E-state index in [2.05, 4.69) is 18.7 Å². The zero-order chi connectivity index (χ0) is 15.6. The number of rotatable bonds is 4. The Hall–Kier alpha value is -1.00. The smallest absolute Gasteiger partial charge is 0.276 e. The summed E-state index contributed by atoms with van der Waals surface area (Å²) in [5, 5.41) is 0. The van der Waals surface area contributed by atoms with E-state index in [4.69, 9.17) is 5.73 Å². The molecule has 118 valence electrons. The average Bonchev–Trinajstić information content (AvgIpc) is 2.47. The Morgan fingerprint density at radius 3 is 2.33 bits per heavy atom. The monoisotopic (exact) mass is 296 g/mol. The molecule has 1 aliphatic rings. The maximum absolute atomic E-state index is 14.8. The molecule has 0 saturated carbocycles. The zero-order valence-corrected chi connectivity index (χ0v) is 13.2. The normalized spacial score (nSPS) is 20.0. The Morgan fingerprint density at radius 1 is 1.19 bits per heavy atom. The molecule has 0 aromatic heterocycles. The van der Waals surface area contributed by atoms with Gasteiger partial charge in [0, 0.05) is 23.6 Å². The minimum absolute atomic E-state index is 0.111. The number of hydrogen-bond acceptors (Lipinski definition) is 2. The van der Waals surface area contributed by atoms with Gasteiger partial charge in [0.1, 0.15) is 0 Å². The first kappa shape index (κ1) is 16.4. The Morgan fingerprint density at radius 2 is 1.81 bits per heavy atom. The predicted octanol–water partition coefficient (Wildman–Crippen LogP) is 3.92. The van der Waals surface area contributed by atoms with Crippen LogP contribution >= 0.6 is 0 Å². The van der Waals surface area contributed by atoms with E-state index in [9.17, 15) is 8.78 Å². The Balaban J connectivity index is 2.13. The van der Waals surface area contributed by atoms with Crippen molar-refractivity contribution in [3.05, 3.63) is 35.4 Å². The van der Waals surface area contributed by atoms with E-state index in [1.165, 1.54) is 6.07 Å². The molecule has 1 heterocycles. The van der Waals surface area contributed by atoms with Gasteiger partial charge in [0.25, 0.3) is 5.92 Å². The maximum atomic E-state index is 14.8. The Labute approximate surface area is 126 Å². The Bertz CT molecular complexity index is 464. The van der Waals surface area contributed by atoms with Gasteiger partial charge in [0.15, 0.2) is 0 Å². The molecule has 0 amide bonds. The SMILES string of the molecule is CC(C)N1CCC(C(F)(F)c2cccc([C@@H](C)N)c2)CC1. The lowest BCUT2D eigenvalue weighted by Gasteiger charge is -2.38. The fourth-order valence-electron chi connectivity index (χ4n) is 3.04. The van der Waals surface area contributed by atoms with Crippen molar-refractivity contribution in [3.63, 3.8) is 0 Å². The molecule has 0 radical (unpaired) electrons. The predicted molar refractivity (Wildman–Crippen MR) is 82.4 cm³/mol. The third kappa shape index (κ3) is 3.61. The summed E-state index contributed by atoms with van der Waals surface area (Å²) in [6, 6.07) is 6.81. The largest absolute Gasteiger partial charge is 0.324 e. The van der Waals surface area contributed by atoms with Crippen molar-refractivity contribution in [2.45, 2.75) is 51.6 Å². The van der Waals surface area contributed by atoms with Gasteiger partial charge in [-0.2, -0.15) is 0 Å². The second-order valence-corrected chi connectivity index (χ2v) is 6.44. The minimum atomic E-state index is -2.77. The molecule has 1 aliphatic heterocycles. The lowest BCUT2D eigenvalue weighted by molar-refractivity contribution is -0.0876. The van der Waals surface area contributed by atoms with Crippen molar-refractivity contribution < 1.29 is 8.78 Å². The summed E-state index contributed by atoms with van der Waals surface area (Å²) < 4.78 is 29.5. The zero-order valence-electron chi connectivity index (χ0n) is 13.2. The molecule has 1 atom stereocenters. The molecule has 1 fully saturated rings. The molecule has 2 nitrogen and oxygen atoms in total. The fourth-order valence-corrected chi connectivity index (χ4v) is 3.04. The van der Waals surface area contributed by atoms with Crippen LogP contribution in [0.2, 0.25) is 0 Å². The number of benzene rings is 1. The number of hydrogen-bond donors (Lipinski definition) is 1. The van der Waals surface area contributed by atoms with Crippen LogP contribution in [-0.2, 0) is 5.92 Å². The first-order valence-corrected chi connectivity index (χ1v) is 7.80. The van der Waals surface area contributed by atoms with Gasteiger partial charge in [0.05, 0.1) is 0 Å². The molecular weight excluding hydrogens is 270 g/mol. The average molecular weight is 296 g/mol. The summed E-state index contributed by atoms with van der Waals surface area (Å²) in [6.07, 6.45) is 1.10. The van der Waals surface area contributed by atoms with Crippen molar-refractivity contribution >= 4 is 0 Å². The number of nitrogens with zero attached hydrogens (tertiary/aromatic N) is 1. The van der Waals surface area contributed by atoms with Crippen LogP contribution in [0.5, 0.6) is 0 Å². The fraction of sp³-hybridized carbons (Fsp3) is 0.647. The molecule has 1 aromatic carbocycles. The van der Waals surface area contributed by atoms with Crippen molar-refractivity contribution in [1.82, 2.24) is 4.90 Å². The molecule has 0 bridgehead atoms. The number of alkyl halides is 2. The second-order valence-electron chi connectivity index (χ2n) is 6.44. The van der Waals surface area contributed by atoms with Crippen LogP contribution in [0.4, 0.5) is 8.78 Å². The summed E-state index contributed by atoms with van der Waals surface area (Å²) in [7, 11) is 0. The lowest BCUT2D eigenvalue weighted by atomic mass is 9.85. The molecule has 0 unspecified atom stereocenters. The van der Waals surface area contributed by atoms with Gasteiger partial charge in [-0.1, -0.05) is 18.2 Å². The standard InChI is InChI=1S/C17H26F2N2/c1-12(2)21-9-7-15(8-10-21)17(18,19)16-6-4-5-14(11-16)13(3)20/h4-6,11-13,15H,7-10,20H2,1-3H3/t13-/m1/s1. The van der Waals surface area contributed by atoms with Crippen LogP contribution in [0.25, 0.3) is 0 Å². The molecule has 2 rings (SSSR count). The molecule has 2 N–H and O–H groups in total. The quantitative estimate of drug-likeness (QED) is 0.912. The first-order valence-electron chi connectivity index (χ1n) is 7.80. The second kappa shape index (κ2) is 6.41. The highest BCUT2D eigenvalue weighted by atomic mass is 19.3. The highest BCUT2D eigenvalue weighted by Gasteiger charge is 2.42. The van der Waals surface area contributed by atoms with Gasteiger partial charge in [-0.25, -0.2) is 8.78 Å². The van der Waals surface area contributed by atoms with Crippen LogP contribution in [-0.4, -0.2) is 24.0 Å². The van der Waals surface area contributed by atoms with E-state index in [1.807, 2.05) is 13.0 Å². The summed E-state index contributed by atoms with van der Waals surface area (Å²) in [5.74, 6) is -3.34. The van der Waals surface area contributed by atoms with Crippen LogP contribution in [0, 0.1) is 5.92 Å². The van der Waals surface area contributed by atoms with Crippen molar-refractivity contribution in [3.8, 4) is 0 Å². The summed E-state index contributed by atoms with van der Waals surface area (Å²) >= 11 is 0. The van der Waals surface area contributed by atoms with Gasteiger partial charge in [0.2, 0.25) is 0 Å². The lowest BCUT2D eigenvalue weighted by Crippen LogP contribution is -2.42. The highest BCUT2D eigenvalue weighted by molar-refractivity contribution is 5.29. The molecular formula is C17H26F2N2. The van der Waals surface area contributed by atoms with Gasteiger partial charge in [-0.05, 0) is 58.3 Å². The van der Waals surface area contributed by atoms with Crippen LogP contribution in [0.3, 0.4) is 0 Å². The summed E-state index contributed by atoms with van der Waals surface area (Å²) in [4.78, 5) is 2.27. The molecule has 1 aromatic rings. The van der Waals surface area contributed by atoms with E-state index in [1.54, 1.807) is 12.1 Å². The minimum Gasteiger partial charge on any atom is -0.324 e. The van der Waals surface area contributed by atoms with Gasteiger partial charge in [-0.3, -0.25) is 0 Å². The summed E-state index contributed by atoms with van der Waals surface area (Å²) in [6.45, 7) is 7.56. The molecule has 4 heteroatoms. The van der Waals surface area contributed by atoms with Crippen LogP contribution < -0.4 is 5.73 Å². The first-order chi connectivity index (χ1) is 9.82. The molecule has 0 aliphatic carbocycles. The van der Waals surface area contributed by atoms with Crippen molar-refractivity contribution in [2.75, 3.05) is 13.1 Å². The highest BCUT2D eigenvalue weighted by Crippen LogP contribution is 2.42. The van der Waals surface area contributed by atoms with Crippen LogP contribution in [0.1, 0.15) is 50.8 Å². The van der Waals surface area contributed by atoms with Gasteiger partial charge < -0.3 is 10.6 Å². The van der Waals surface area contributed by atoms with E-state index in [0.29, 0.717) is 18.9 Å². The number of nitrogens with two attached hydrogens (primary N) is 1. The van der Waals surface area contributed by atoms with Gasteiger partial charge >= 0.3 is 0 Å². The number of halogens is 2. The molecule has 21 heavy (non-hydrogen) atoms. The van der Waals surface area contributed by atoms with E-state index < -0.39 is 11.8 Å². The maximum Gasteiger partial charge on any atom is 0.276 e. The van der Waals surface area contributed by atoms with E-state index >= 15 is 0 Å². The third-order valence-electron chi connectivity index (χ3n) is 4.57. The van der Waals surface area contributed by atoms with Gasteiger partial charge in [-0.15, -0.1) is 0 Å². The Kier molecular flexibility index (Phi) is 4.99. The topological polar surface area (TPSA) is 29.3 Å².